The topological polar surface area (TPSA) is 74.3 Å². The molecule has 1 saturated heterocycles. The molecule has 0 radical (unpaired) electrons. The summed E-state index contributed by atoms with van der Waals surface area (Å²) in [5, 5.41) is 14.2. The monoisotopic (exact) mass is 470 g/mol. The van der Waals surface area contributed by atoms with Gasteiger partial charge in [0.1, 0.15) is 11.8 Å². The number of ether oxygens (including phenoxy) is 1. The van der Waals surface area contributed by atoms with E-state index in [9.17, 15) is 5.26 Å². The fourth-order valence-corrected chi connectivity index (χ4v) is 4.11. The van der Waals surface area contributed by atoms with Crippen molar-refractivity contribution in [1.29, 1.82) is 5.26 Å². The summed E-state index contributed by atoms with van der Waals surface area (Å²) < 4.78 is 11.5. The van der Waals surface area contributed by atoms with Gasteiger partial charge in [0.15, 0.2) is 6.61 Å². The number of hydrogen-bond donors (Lipinski definition) is 1. The molecule has 2 aromatic carbocycles. The Bertz CT molecular complexity index is 1060. The Morgan fingerprint density at radius 3 is 2.34 bits per heavy atom. The number of piperidine rings is 1. The maximum absolute atomic E-state index is 9.52. The normalized spacial score (nSPS) is 15.2. The van der Waals surface area contributed by atoms with E-state index < -0.39 is 0 Å². The van der Waals surface area contributed by atoms with Crippen molar-refractivity contribution in [3.63, 3.8) is 0 Å². The Labute approximate surface area is 197 Å². The van der Waals surface area contributed by atoms with Gasteiger partial charge in [-0.2, -0.15) is 10.2 Å². The van der Waals surface area contributed by atoms with E-state index >= 15 is 0 Å². The Morgan fingerprint density at radius 2 is 1.69 bits per heavy atom. The number of oxazole rings is 1. The number of nitrogens with one attached hydrogen (secondary N) is 1. The highest BCUT2D eigenvalue weighted by molar-refractivity contribution is 6.30. The first-order chi connectivity index (χ1) is 15.6. The Balaban J connectivity index is 1.45. The fraction of sp³-hybridized carbons (Fsp3) is 0.333. The third kappa shape index (κ3) is 5.74. The second kappa shape index (κ2) is 10.7. The van der Waals surface area contributed by atoms with Gasteiger partial charge in [-0.1, -0.05) is 41.8 Å². The molecule has 3 aromatic rings. The average Bonchev–Trinajstić information content (AvgIpc) is 3.23. The lowest BCUT2D eigenvalue weighted by molar-refractivity contribution is 0.170. The number of hydrogen-bond acceptors (Lipinski definition) is 6. The van der Waals surface area contributed by atoms with Crippen LogP contribution in [0.3, 0.4) is 0 Å². The molecule has 8 heteroatoms. The first-order valence-corrected chi connectivity index (χ1v) is 11.4. The average molecular weight is 471 g/mol. The van der Waals surface area contributed by atoms with Gasteiger partial charge in [-0.05, 0) is 67.9 Å². The number of aromatic nitrogens is 1. The van der Waals surface area contributed by atoms with Crippen molar-refractivity contribution in [3.05, 3.63) is 75.7 Å². The van der Waals surface area contributed by atoms with Crippen LogP contribution in [0.15, 0.2) is 52.9 Å². The molecule has 0 unspecified atom stereocenters. The highest BCUT2D eigenvalue weighted by Crippen LogP contribution is 2.27. The van der Waals surface area contributed by atoms with Crippen molar-refractivity contribution in [2.45, 2.75) is 31.9 Å². The second-order valence-corrected chi connectivity index (χ2v) is 8.56. The zero-order valence-corrected chi connectivity index (χ0v) is 19.1. The summed E-state index contributed by atoms with van der Waals surface area (Å²) in [6.07, 6.45) is 3.62. The van der Waals surface area contributed by atoms with E-state index in [1.165, 1.54) is 24.8 Å². The van der Waals surface area contributed by atoms with Crippen LogP contribution in [0.4, 0.5) is 5.88 Å². The van der Waals surface area contributed by atoms with Crippen molar-refractivity contribution < 1.29 is 9.15 Å². The predicted octanol–water partition coefficient (Wildman–Crippen LogP) is 6.07. The first-order valence-electron chi connectivity index (χ1n) is 10.6. The number of rotatable bonds is 8. The Hall–Kier alpha value is -2.72. The Kier molecular flexibility index (Phi) is 7.54. The van der Waals surface area contributed by atoms with Crippen LogP contribution >= 0.6 is 23.2 Å². The lowest BCUT2D eigenvalue weighted by Crippen LogP contribution is -2.37. The lowest BCUT2D eigenvalue weighted by atomic mass is 10.0. The number of nitriles is 1. The fourth-order valence-electron chi connectivity index (χ4n) is 3.86. The van der Waals surface area contributed by atoms with Crippen LogP contribution in [-0.2, 0) is 6.61 Å². The summed E-state index contributed by atoms with van der Waals surface area (Å²) in [7, 11) is 0. The minimum absolute atomic E-state index is 0.116. The van der Waals surface area contributed by atoms with Crippen LogP contribution in [0.2, 0.25) is 10.0 Å². The molecule has 6 nitrogen and oxygen atoms in total. The van der Waals surface area contributed by atoms with Crippen LogP contribution in [0.1, 0.15) is 42.5 Å². The molecule has 1 atom stereocenters. The Morgan fingerprint density at radius 1 is 1.03 bits per heavy atom. The highest BCUT2D eigenvalue weighted by Gasteiger charge is 2.23. The standard InChI is InChI=1S/C24H24Cl2N4O2/c25-18-6-4-17(5-7-18)22(30-12-2-1-3-13-30)15-28-24-21(14-27)29-23(32-24)16-31-20-10-8-19(26)9-11-20/h4-11,22,28H,1-3,12-13,15-16H2/t22-/m0/s1. The molecule has 166 valence electrons. The molecule has 1 aliphatic rings. The van der Waals surface area contributed by atoms with Crippen molar-refractivity contribution in [1.82, 2.24) is 9.88 Å². The van der Waals surface area contributed by atoms with E-state index in [2.05, 4.69) is 33.4 Å². The van der Waals surface area contributed by atoms with Crippen molar-refractivity contribution in [2.75, 3.05) is 25.0 Å². The predicted molar refractivity (Wildman–Crippen MR) is 125 cm³/mol. The number of anilines is 1. The zero-order chi connectivity index (χ0) is 22.3. The van der Waals surface area contributed by atoms with E-state index in [4.69, 9.17) is 32.4 Å². The molecule has 4 rings (SSSR count). The van der Waals surface area contributed by atoms with Gasteiger partial charge < -0.3 is 14.5 Å². The van der Waals surface area contributed by atoms with Gasteiger partial charge in [0.05, 0.1) is 6.04 Å². The van der Waals surface area contributed by atoms with E-state index in [0.717, 1.165) is 13.1 Å². The quantitative estimate of drug-likeness (QED) is 0.430. The second-order valence-electron chi connectivity index (χ2n) is 7.68. The molecule has 0 bridgehead atoms. The first kappa shape index (κ1) is 22.5. The maximum atomic E-state index is 9.52. The van der Waals surface area contributed by atoms with Crippen molar-refractivity contribution in [2.24, 2.45) is 0 Å². The number of nitrogens with zero attached hydrogens (tertiary/aromatic N) is 3. The van der Waals surface area contributed by atoms with Gasteiger partial charge in [-0.25, -0.2) is 0 Å². The SMILES string of the molecule is N#Cc1nc(COc2ccc(Cl)cc2)oc1NC[C@@H](c1ccc(Cl)cc1)N1CCCCC1. The minimum Gasteiger partial charge on any atom is -0.484 e. The smallest absolute Gasteiger partial charge is 0.236 e. The van der Waals surface area contributed by atoms with Crippen LogP contribution in [0.25, 0.3) is 0 Å². The maximum Gasteiger partial charge on any atom is 0.236 e. The molecule has 1 aliphatic heterocycles. The van der Waals surface area contributed by atoms with Crippen LogP contribution in [0.5, 0.6) is 5.75 Å². The molecule has 2 heterocycles. The van der Waals surface area contributed by atoms with Gasteiger partial charge in [0, 0.05) is 16.6 Å². The minimum atomic E-state index is 0.116. The van der Waals surface area contributed by atoms with Gasteiger partial charge in [-0.3, -0.25) is 4.90 Å². The van der Waals surface area contributed by atoms with Crippen molar-refractivity contribution >= 4 is 29.1 Å². The van der Waals surface area contributed by atoms with Gasteiger partial charge in [0.2, 0.25) is 17.5 Å². The number of likely N-dealkylation sites (tertiary alicyclic amines) is 1. The molecule has 1 N–H and O–H groups in total. The molecular formula is C24H24Cl2N4O2. The van der Waals surface area contributed by atoms with E-state index in [1.807, 2.05) is 12.1 Å². The van der Waals surface area contributed by atoms with Crippen LogP contribution < -0.4 is 10.1 Å². The third-order valence-corrected chi connectivity index (χ3v) is 6.00. The highest BCUT2D eigenvalue weighted by atomic mass is 35.5. The van der Waals surface area contributed by atoms with Crippen LogP contribution in [0, 0.1) is 11.3 Å². The molecule has 1 fully saturated rings. The molecule has 1 aromatic heterocycles. The molecule has 0 amide bonds. The van der Waals surface area contributed by atoms with E-state index in [-0.39, 0.29) is 18.3 Å². The molecule has 0 spiro atoms. The largest absolute Gasteiger partial charge is 0.484 e. The molecule has 0 aliphatic carbocycles. The van der Waals surface area contributed by atoms with Crippen LogP contribution in [-0.4, -0.2) is 29.5 Å². The summed E-state index contributed by atoms with van der Waals surface area (Å²) in [6.45, 7) is 2.78. The van der Waals surface area contributed by atoms with Gasteiger partial charge >= 0.3 is 0 Å². The lowest BCUT2D eigenvalue weighted by Gasteiger charge is -2.35. The summed E-state index contributed by atoms with van der Waals surface area (Å²) in [5.74, 6) is 1.34. The summed E-state index contributed by atoms with van der Waals surface area (Å²) in [6, 6.07) is 17.2. The summed E-state index contributed by atoms with van der Waals surface area (Å²) in [5.41, 5.74) is 1.39. The molecule has 0 saturated carbocycles. The van der Waals surface area contributed by atoms with E-state index in [1.54, 1.807) is 24.3 Å². The summed E-state index contributed by atoms with van der Waals surface area (Å²) in [4.78, 5) is 6.73. The van der Waals surface area contributed by atoms with Gasteiger partial charge in [-0.15, -0.1) is 0 Å². The zero-order valence-electron chi connectivity index (χ0n) is 17.6. The number of benzene rings is 2. The van der Waals surface area contributed by atoms with Crippen molar-refractivity contribution in [3.8, 4) is 11.8 Å². The summed E-state index contributed by atoms with van der Waals surface area (Å²) >= 11 is 12.0. The third-order valence-electron chi connectivity index (χ3n) is 5.50. The molecule has 32 heavy (non-hydrogen) atoms. The number of halogens is 2. The van der Waals surface area contributed by atoms with E-state index in [0.29, 0.717) is 34.1 Å². The molecular weight excluding hydrogens is 447 g/mol. The van der Waals surface area contributed by atoms with Gasteiger partial charge in [0.25, 0.3) is 0 Å².